The van der Waals surface area contributed by atoms with E-state index in [2.05, 4.69) is 19.2 Å². The van der Waals surface area contributed by atoms with Gasteiger partial charge in [0.2, 0.25) is 0 Å². The lowest BCUT2D eigenvalue weighted by Crippen LogP contribution is -2.50. The van der Waals surface area contributed by atoms with Crippen molar-refractivity contribution in [2.45, 2.75) is 43.7 Å². The molecular weight excluding hydrogens is 240 g/mol. The van der Waals surface area contributed by atoms with Crippen LogP contribution in [0.1, 0.15) is 27.2 Å². The summed E-state index contributed by atoms with van der Waals surface area (Å²) in [7, 11) is 0. The van der Waals surface area contributed by atoms with Crippen molar-refractivity contribution >= 4 is 23.8 Å². The number of amides is 2. The van der Waals surface area contributed by atoms with Crippen LogP contribution in [0.25, 0.3) is 0 Å². The molecular formula is C11H20N2O3S. The molecule has 0 aromatic carbocycles. The molecule has 1 heterocycles. The Labute approximate surface area is 106 Å². The molecule has 1 saturated heterocycles. The Bertz CT molecular complexity index is 288. The summed E-state index contributed by atoms with van der Waals surface area (Å²) in [5.74, 6) is -0.895. The maximum Gasteiger partial charge on any atom is 0.317 e. The molecule has 0 spiro atoms. The minimum atomic E-state index is -0.895. The summed E-state index contributed by atoms with van der Waals surface area (Å²) in [6.45, 7) is 7.35. The third-order valence-corrected chi connectivity index (χ3v) is 3.78. The average molecular weight is 260 g/mol. The summed E-state index contributed by atoms with van der Waals surface area (Å²) in [5.41, 5.74) is 0. The third-order valence-electron chi connectivity index (χ3n) is 2.56. The van der Waals surface area contributed by atoms with E-state index in [1.54, 1.807) is 11.8 Å². The van der Waals surface area contributed by atoms with E-state index in [1.807, 2.05) is 11.8 Å². The van der Waals surface area contributed by atoms with Gasteiger partial charge in [0.1, 0.15) is 0 Å². The number of aliphatic carboxylic acids is 1. The van der Waals surface area contributed by atoms with Crippen molar-refractivity contribution in [2.75, 3.05) is 13.1 Å². The van der Waals surface area contributed by atoms with Gasteiger partial charge in [0.15, 0.2) is 0 Å². The lowest BCUT2D eigenvalue weighted by atomic mass is 10.2. The van der Waals surface area contributed by atoms with Crippen molar-refractivity contribution < 1.29 is 14.7 Å². The zero-order valence-corrected chi connectivity index (χ0v) is 11.3. The molecule has 1 fully saturated rings. The summed E-state index contributed by atoms with van der Waals surface area (Å²) < 4.78 is 0. The highest BCUT2D eigenvalue weighted by atomic mass is 32.2. The second-order valence-electron chi connectivity index (χ2n) is 4.61. The first-order valence-corrected chi connectivity index (χ1v) is 6.75. The maximum atomic E-state index is 11.9. The minimum absolute atomic E-state index is 0.0422. The second kappa shape index (κ2) is 6.14. The number of nitrogens with zero attached hydrogens (tertiary/aromatic N) is 1. The Morgan fingerprint density at radius 1 is 1.41 bits per heavy atom. The highest BCUT2D eigenvalue weighted by Crippen LogP contribution is 2.24. The van der Waals surface area contributed by atoms with Crippen molar-refractivity contribution in [3.8, 4) is 0 Å². The van der Waals surface area contributed by atoms with Crippen LogP contribution in [0.3, 0.4) is 0 Å². The van der Waals surface area contributed by atoms with Gasteiger partial charge in [-0.1, -0.05) is 13.8 Å². The number of carbonyl (C=O) groups is 2. The molecule has 98 valence electrons. The van der Waals surface area contributed by atoms with Crippen LogP contribution in [0.15, 0.2) is 0 Å². The topological polar surface area (TPSA) is 69.6 Å². The van der Waals surface area contributed by atoms with Crippen LogP contribution in [-0.2, 0) is 4.79 Å². The van der Waals surface area contributed by atoms with Gasteiger partial charge in [-0.2, -0.15) is 11.8 Å². The first-order valence-electron chi connectivity index (χ1n) is 5.81. The van der Waals surface area contributed by atoms with E-state index < -0.39 is 5.97 Å². The van der Waals surface area contributed by atoms with Crippen LogP contribution in [0, 0.1) is 0 Å². The van der Waals surface area contributed by atoms with Crippen LogP contribution >= 0.6 is 11.8 Å². The van der Waals surface area contributed by atoms with Gasteiger partial charge in [-0.25, -0.2) is 4.79 Å². The lowest BCUT2D eigenvalue weighted by molar-refractivity contribution is -0.137. The molecule has 1 aliphatic rings. The number of nitrogens with one attached hydrogen (secondary N) is 1. The predicted octanol–water partition coefficient (Wildman–Crippen LogP) is 1.39. The first-order chi connectivity index (χ1) is 7.88. The largest absolute Gasteiger partial charge is 0.481 e. The van der Waals surface area contributed by atoms with Crippen molar-refractivity contribution in [3.05, 3.63) is 0 Å². The Morgan fingerprint density at radius 2 is 1.94 bits per heavy atom. The Hall–Kier alpha value is -0.910. The fourth-order valence-electron chi connectivity index (χ4n) is 1.96. The van der Waals surface area contributed by atoms with E-state index in [9.17, 15) is 9.59 Å². The Morgan fingerprint density at radius 3 is 2.41 bits per heavy atom. The standard InChI is InChI=1S/C11H20N2O3S/c1-7(4-10(14)15)12-11(16)13-5-8(2)17-9(3)6-13/h7-9H,4-6H2,1-3H3,(H,12,16)(H,14,15). The van der Waals surface area contributed by atoms with E-state index in [-0.39, 0.29) is 18.5 Å². The molecule has 2 N–H and O–H groups in total. The maximum absolute atomic E-state index is 11.9. The number of carboxylic acid groups (broad SMARTS) is 1. The SMILES string of the molecule is CC(CC(=O)O)NC(=O)N1CC(C)SC(C)C1. The van der Waals surface area contributed by atoms with Gasteiger partial charge >= 0.3 is 12.0 Å². The van der Waals surface area contributed by atoms with Gasteiger partial charge in [0.25, 0.3) is 0 Å². The molecule has 0 saturated carbocycles. The van der Waals surface area contributed by atoms with Gasteiger partial charge in [0.05, 0.1) is 6.42 Å². The van der Waals surface area contributed by atoms with Gasteiger partial charge in [-0.3, -0.25) is 4.79 Å². The summed E-state index contributed by atoms with van der Waals surface area (Å²) >= 11 is 1.88. The highest BCUT2D eigenvalue weighted by molar-refractivity contribution is 8.00. The smallest absolute Gasteiger partial charge is 0.317 e. The number of carboxylic acids is 1. The fourth-order valence-corrected chi connectivity index (χ4v) is 3.28. The molecule has 0 aliphatic carbocycles. The predicted molar refractivity (Wildman–Crippen MR) is 68.3 cm³/mol. The van der Waals surface area contributed by atoms with Gasteiger partial charge in [-0.05, 0) is 6.92 Å². The first kappa shape index (κ1) is 14.2. The quantitative estimate of drug-likeness (QED) is 0.804. The molecule has 0 bridgehead atoms. The van der Waals surface area contributed by atoms with E-state index >= 15 is 0 Å². The van der Waals surface area contributed by atoms with Gasteiger partial charge in [0, 0.05) is 29.6 Å². The number of hydrogen-bond donors (Lipinski definition) is 2. The fraction of sp³-hybridized carbons (Fsp3) is 0.818. The van der Waals surface area contributed by atoms with Gasteiger partial charge in [-0.15, -0.1) is 0 Å². The Balaban J connectivity index is 2.43. The monoisotopic (exact) mass is 260 g/mol. The van der Waals surface area contributed by atoms with E-state index in [0.29, 0.717) is 10.5 Å². The summed E-state index contributed by atoms with van der Waals surface area (Å²) in [5, 5.41) is 12.2. The number of hydrogen-bond acceptors (Lipinski definition) is 3. The molecule has 17 heavy (non-hydrogen) atoms. The van der Waals surface area contributed by atoms with Crippen LogP contribution in [0.2, 0.25) is 0 Å². The molecule has 1 aliphatic heterocycles. The lowest BCUT2D eigenvalue weighted by Gasteiger charge is -2.35. The zero-order valence-electron chi connectivity index (χ0n) is 10.5. The average Bonchev–Trinajstić information content (AvgIpc) is 2.14. The zero-order chi connectivity index (χ0) is 13.0. The van der Waals surface area contributed by atoms with Crippen LogP contribution < -0.4 is 5.32 Å². The normalized spacial score (nSPS) is 26.4. The third kappa shape index (κ3) is 4.85. The summed E-state index contributed by atoms with van der Waals surface area (Å²) in [6, 6.07) is -0.488. The van der Waals surface area contributed by atoms with Crippen LogP contribution in [-0.4, -0.2) is 51.6 Å². The summed E-state index contributed by atoms with van der Waals surface area (Å²) in [6.07, 6.45) is -0.0422. The molecule has 0 radical (unpaired) electrons. The second-order valence-corrected chi connectivity index (χ2v) is 6.49. The highest BCUT2D eigenvalue weighted by Gasteiger charge is 2.26. The number of rotatable bonds is 3. The molecule has 6 heteroatoms. The van der Waals surface area contributed by atoms with Crippen molar-refractivity contribution in [1.29, 1.82) is 0 Å². The Kier molecular flexibility index (Phi) is 5.11. The van der Waals surface area contributed by atoms with Crippen molar-refractivity contribution in [2.24, 2.45) is 0 Å². The molecule has 0 aromatic heterocycles. The van der Waals surface area contributed by atoms with Crippen LogP contribution in [0.5, 0.6) is 0 Å². The molecule has 2 amide bonds. The number of thioether (sulfide) groups is 1. The van der Waals surface area contributed by atoms with Crippen molar-refractivity contribution in [1.82, 2.24) is 10.2 Å². The molecule has 1 rings (SSSR count). The summed E-state index contributed by atoms with van der Waals surface area (Å²) in [4.78, 5) is 24.2. The van der Waals surface area contributed by atoms with Crippen LogP contribution in [0.4, 0.5) is 4.79 Å². The minimum Gasteiger partial charge on any atom is -0.481 e. The van der Waals surface area contributed by atoms with E-state index in [4.69, 9.17) is 5.11 Å². The van der Waals surface area contributed by atoms with Gasteiger partial charge < -0.3 is 15.3 Å². The molecule has 3 atom stereocenters. The van der Waals surface area contributed by atoms with Crippen molar-refractivity contribution in [3.63, 3.8) is 0 Å². The molecule has 3 unspecified atom stereocenters. The number of carbonyl (C=O) groups excluding carboxylic acids is 1. The molecule has 5 nitrogen and oxygen atoms in total. The van der Waals surface area contributed by atoms with E-state index in [0.717, 1.165) is 13.1 Å². The van der Waals surface area contributed by atoms with E-state index in [1.165, 1.54) is 0 Å². The molecule has 0 aromatic rings. The number of urea groups is 1.